The first-order valence-electron chi connectivity index (χ1n) is 3.87. The third-order valence-electron chi connectivity index (χ3n) is 2.74. The standard InChI is InChI=1S/C8H16OS/c1-7-6-10(9)5-4-8(7,2)3/h7H,4-6H2,1-3H3. The van der Waals surface area contributed by atoms with E-state index in [9.17, 15) is 4.55 Å². The first-order valence-corrected chi connectivity index (χ1v) is 5.36. The highest BCUT2D eigenvalue weighted by molar-refractivity contribution is 7.91. The molecule has 60 valence electrons. The van der Waals surface area contributed by atoms with Gasteiger partial charge in [-0.05, 0) is 11.8 Å². The molecular weight excluding hydrogens is 144 g/mol. The van der Waals surface area contributed by atoms with Gasteiger partial charge in [-0.25, -0.2) is 0 Å². The molecule has 1 aliphatic rings. The van der Waals surface area contributed by atoms with Gasteiger partial charge in [-0.2, -0.15) is 0 Å². The number of rotatable bonds is 0. The van der Waals surface area contributed by atoms with Crippen molar-refractivity contribution in [3.63, 3.8) is 0 Å². The van der Waals surface area contributed by atoms with Gasteiger partial charge in [0.25, 0.3) is 0 Å². The Morgan fingerprint density at radius 3 is 2.50 bits per heavy atom. The smallest absolute Gasteiger partial charge is 0.108 e. The van der Waals surface area contributed by atoms with E-state index < -0.39 is 11.2 Å². The summed E-state index contributed by atoms with van der Waals surface area (Å²) >= 11 is -0.517. The SMILES string of the molecule is CC1C[S+]([O-])CCC1(C)C. The molecule has 0 radical (unpaired) electrons. The summed E-state index contributed by atoms with van der Waals surface area (Å²) < 4.78 is 11.1. The predicted molar refractivity (Wildman–Crippen MR) is 45.4 cm³/mol. The van der Waals surface area contributed by atoms with Crippen LogP contribution < -0.4 is 0 Å². The van der Waals surface area contributed by atoms with Crippen molar-refractivity contribution in [2.75, 3.05) is 11.5 Å². The highest BCUT2D eigenvalue weighted by Gasteiger charge is 2.34. The van der Waals surface area contributed by atoms with E-state index in [2.05, 4.69) is 20.8 Å². The molecule has 2 atom stereocenters. The molecule has 0 saturated carbocycles. The third-order valence-corrected chi connectivity index (χ3v) is 4.28. The molecule has 1 heterocycles. The number of hydrogen-bond donors (Lipinski definition) is 0. The molecular formula is C8H16OS. The summed E-state index contributed by atoms with van der Waals surface area (Å²) in [6.07, 6.45) is 1.13. The van der Waals surface area contributed by atoms with E-state index in [4.69, 9.17) is 0 Å². The van der Waals surface area contributed by atoms with Crippen LogP contribution in [0.2, 0.25) is 0 Å². The summed E-state index contributed by atoms with van der Waals surface area (Å²) in [6, 6.07) is 0. The summed E-state index contributed by atoms with van der Waals surface area (Å²) in [7, 11) is 0. The van der Waals surface area contributed by atoms with Crippen molar-refractivity contribution < 1.29 is 4.55 Å². The van der Waals surface area contributed by atoms with Crippen LogP contribution in [0.1, 0.15) is 27.2 Å². The fraction of sp³-hybridized carbons (Fsp3) is 1.00. The van der Waals surface area contributed by atoms with Crippen molar-refractivity contribution in [3.8, 4) is 0 Å². The summed E-state index contributed by atoms with van der Waals surface area (Å²) in [5, 5.41) is 0. The average molecular weight is 160 g/mol. The highest BCUT2D eigenvalue weighted by Crippen LogP contribution is 2.35. The summed E-state index contributed by atoms with van der Waals surface area (Å²) in [4.78, 5) is 0. The van der Waals surface area contributed by atoms with Gasteiger partial charge >= 0.3 is 0 Å². The zero-order valence-corrected chi connectivity index (χ0v) is 7.83. The Balaban J connectivity index is 2.52. The molecule has 1 aliphatic heterocycles. The van der Waals surface area contributed by atoms with Crippen LogP contribution >= 0.6 is 0 Å². The topological polar surface area (TPSA) is 23.1 Å². The molecule has 2 heteroatoms. The molecule has 10 heavy (non-hydrogen) atoms. The lowest BCUT2D eigenvalue weighted by Gasteiger charge is -2.36. The Bertz CT molecular complexity index is 122. The lowest BCUT2D eigenvalue weighted by molar-refractivity contribution is 0.231. The molecule has 1 nitrogen and oxygen atoms in total. The van der Waals surface area contributed by atoms with E-state index in [0.717, 1.165) is 17.9 Å². The maximum atomic E-state index is 11.1. The Morgan fingerprint density at radius 1 is 1.50 bits per heavy atom. The summed E-state index contributed by atoms with van der Waals surface area (Å²) in [5.41, 5.74) is 0.425. The largest absolute Gasteiger partial charge is 0.616 e. The van der Waals surface area contributed by atoms with Crippen LogP contribution in [0.25, 0.3) is 0 Å². The summed E-state index contributed by atoms with van der Waals surface area (Å²) in [6.45, 7) is 6.75. The van der Waals surface area contributed by atoms with E-state index in [1.54, 1.807) is 0 Å². The van der Waals surface area contributed by atoms with Gasteiger partial charge in [0.15, 0.2) is 0 Å². The predicted octanol–water partition coefficient (Wildman–Crippen LogP) is 1.80. The molecule has 0 aromatic heterocycles. The molecule has 1 fully saturated rings. The van der Waals surface area contributed by atoms with Crippen LogP contribution in [0.4, 0.5) is 0 Å². The van der Waals surface area contributed by atoms with Gasteiger partial charge in [-0.3, -0.25) is 0 Å². The van der Waals surface area contributed by atoms with Gasteiger partial charge in [-0.15, -0.1) is 0 Å². The quantitative estimate of drug-likeness (QED) is 0.496. The maximum Gasteiger partial charge on any atom is 0.108 e. The molecule has 0 N–H and O–H groups in total. The Hall–Kier alpha value is 0.310. The molecule has 0 aromatic carbocycles. The molecule has 0 bridgehead atoms. The first-order chi connectivity index (χ1) is 4.52. The van der Waals surface area contributed by atoms with E-state index in [0.29, 0.717) is 11.3 Å². The Labute approximate surface area is 66.4 Å². The lowest BCUT2D eigenvalue weighted by Crippen LogP contribution is -2.36. The third kappa shape index (κ3) is 1.67. The molecule has 0 amide bonds. The van der Waals surface area contributed by atoms with Crippen molar-refractivity contribution in [2.24, 2.45) is 11.3 Å². The molecule has 2 unspecified atom stereocenters. The van der Waals surface area contributed by atoms with Crippen LogP contribution in [-0.4, -0.2) is 16.1 Å². The van der Waals surface area contributed by atoms with E-state index in [1.807, 2.05) is 0 Å². The van der Waals surface area contributed by atoms with Crippen molar-refractivity contribution in [3.05, 3.63) is 0 Å². The minimum Gasteiger partial charge on any atom is -0.616 e. The zero-order valence-electron chi connectivity index (χ0n) is 7.02. The minimum absolute atomic E-state index is 0.425. The highest BCUT2D eigenvalue weighted by atomic mass is 32.2. The van der Waals surface area contributed by atoms with E-state index in [1.165, 1.54) is 0 Å². The van der Waals surface area contributed by atoms with Crippen LogP contribution in [0, 0.1) is 11.3 Å². The molecule has 0 spiro atoms. The van der Waals surface area contributed by atoms with Crippen molar-refractivity contribution in [1.29, 1.82) is 0 Å². The average Bonchev–Trinajstić information content (AvgIpc) is 1.81. The van der Waals surface area contributed by atoms with Crippen molar-refractivity contribution in [1.82, 2.24) is 0 Å². The van der Waals surface area contributed by atoms with E-state index in [-0.39, 0.29) is 0 Å². The van der Waals surface area contributed by atoms with Crippen molar-refractivity contribution >= 4 is 11.2 Å². The second kappa shape index (κ2) is 2.74. The van der Waals surface area contributed by atoms with Crippen LogP contribution in [0.3, 0.4) is 0 Å². The van der Waals surface area contributed by atoms with Gasteiger partial charge in [0.05, 0.1) is 0 Å². The molecule has 1 rings (SSSR count). The van der Waals surface area contributed by atoms with Gasteiger partial charge in [0, 0.05) is 5.92 Å². The molecule has 0 aliphatic carbocycles. The monoisotopic (exact) mass is 160 g/mol. The van der Waals surface area contributed by atoms with Crippen LogP contribution in [-0.2, 0) is 11.2 Å². The molecule has 0 aromatic rings. The van der Waals surface area contributed by atoms with Gasteiger partial charge in [0.2, 0.25) is 0 Å². The second-order valence-corrected chi connectivity index (χ2v) is 5.57. The fourth-order valence-electron chi connectivity index (χ4n) is 1.21. The maximum absolute atomic E-state index is 11.1. The van der Waals surface area contributed by atoms with E-state index >= 15 is 0 Å². The summed E-state index contributed by atoms with van der Waals surface area (Å²) in [5.74, 6) is 2.45. The van der Waals surface area contributed by atoms with Gasteiger partial charge < -0.3 is 4.55 Å². The number of hydrogen-bond acceptors (Lipinski definition) is 1. The van der Waals surface area contributed by atoms with Gasteiger partial charge in [0.1, 0.15) is 11.5 Å². The van der Waals surface area contributed by atoms with Crippen LogP contribution in [0.15, 0.2) is 0 Å². The first kappa shape index (κ1) is 8.41. The van der Waals surface area contributed by atoms with Crippen LogP contribution in [0.5, 0.6) is 0 Å². The normalized spacial score (nSPS) is 39.6. The molecule has 1 saturated heterocycles. The Kier molecular flexibility index (Phi) is 2.31. The second-order valence-electron chi connectivity index (χ2n) is 3.95. The zero-order chi connectivity index (χ0) is 7.78. The Morgan fingerprint density at radius 2 is 2.10 bits per heavy atom. The van der Waals surface area contributed by atoms with Crippen molar-refractivity contribution in [2.45, 2.75) is 27.2 Å². The van der Waals surface area contributed by atoms with Gasteiger partial charge in [-0.1, -0.05) is 31.9 Å². The fourth-order valence-corrected chi connectivity index (χ4v) is 3.14. The lowest BCUT2D eigenvalue weighted by atomic mass is 9.78. The minimum atomic E-state index is -0.517.